The predicted molar refractivity (Wildman–Crippen MR) is 60.5 cm³/mol. The number of fused-ring (bicyclic) bond motifs is 1. The highest BCUT2D eigenvalue weighted by Gasteiger charge is 2.13. The molecule has 0 saturated heterocycles. The van der Waals surface area contributed by atoms with Crippen molar-refractivity contribution in [2.24, 2.45) is 0 Å². The quantitative estimate of drug-likeness (QED) is 0.846. The van der Waals surface area contributed by atoms with Crippen LogP contribution in [0.3, 0.4) is 0 Å². The lowest BCUT2D eigenvalue weighted by molar-refractivity contribution is 0.152. The Labute approximate surface area is 92.1 Å². The fourth-order valence-electron chi connectivity index (χ4n) is 1.64. The van der Waals surface area contributed by atoms with E-state index in [1.54, 1.807) is 6.07 Å². The molecular weight excluding hydrogens is 210 g/mol. The number of benzene rings is 1. The van der Waals surface area contributed by atoms with Crippen LogP contribution in [0.5, 0.6) is 0 Å². The highest BCUT2D eigenvalue weighted by molar-refractivity contribution is 5.82. The maximum Gasteiger partial charge on any atom is 0.267 e. The average Bonchev–Trinajstić information content (AvgIpc) is 2.27. The molecule has 0 amide bonds. The first-order chi connectivity index (χ1) is 7.61. The molecule has 0 bridgehead atoms. The smallest absolute Gasteiger partial charge is 0.267 e. The Bertz CT molecular complexity index is 524. The van der Waals surface area contributed by atoms with Gasteiger partial charge in [0.1, 0.15) is 5.82 Å². The van der Waals surface area contributed by atoms with Gasteiger partial charge in [-0.05, 0) is 24.1 Å². The summed E-state index contributed by atoms with van der Waals surface area (Å²) in [6.07, 6.45) is -1.70. The molecule has 1 heterocycles. The number of aromatic nitrogens is 1. The molecule has 0 unspecified atom stereocenters. The molecule has 16 heavy (non-hydrogen) atoms. The summed E-state index contributed by atoms with van der Waals surface area (Å²) in [4.78, 5) is 4.00. The zero-order valence-electron chi connectivity index (χ0n) is 8.87. The van der Waals surface area contributed by atoms with E-state index < -0.39 is 6.43 Å². The molecule has 4 heteroatoms. The van der Waals surface area contributed by atoms with Gasteiger partial charge in [0.2, 0.25) is 0 Å². The summed E-state index contributed by atoms with van der Waals surface area (Å²) in [5, 5.41) is 0.696. The van der Waals surface area contributed by atoms with Gasteiger partial charge in [-0.3, -0.25) is 0 Å². The fraction of sp³-hybridized carbons (Fsp3) is 0.250. The number of alkyl halides is 2. The maximum atomic E-state index is 12.6. The monoisotopic (exact) mass is 222 g/mol. The van der Waals surface area contributed by atoms with E-state index in [-0.39, 0.29) is 11.4 Å². The second kappa shape index (κ2) is 4.04. The van der Waals surface area contributed by atoms with Crippen molar-refractivity contribution in [3.8, 4) is 0 Å². The molecule has 0 spiro atoms. The summed E-state index contributed by atoms with van der Waals surface area (Å²) in [6.45, 7) is 2.03. The van der Waals surface area contributed by atoms with Gasteiger partial charge in [0.15, 0.2) is 0 Å². The van der Waals surface area contributed by atoms with Crippen LogP contribution in [-0.4, -0.2) is 4.98 Å². The van der Waals surface area contributed by atoms with E-state index in [0.29, 0.717) is 10.9 Å². The number of nitrogens with two attached hydrogens (primary N) is 1. The molecule has 2 N–H and O–H groups in total. The Balaban J connectivity index is 2.64. The predicted octanol–water partition coefficient (Wildman–Crippen LogP) is 3.32. The minimum Gasteiger partial charge on any atom is -0.383 e. The number of anilines is 1. The van der Waals surface area contributed by atoms with E-state index in [2.05, 4.69) is 4.98 Å². The van der Waals surface area contributed by atoms with Crippen molar-refractivity contribution in [1.29, 1.82) is 0 Å². The van der Waals surface area contributed by atoms with Gasteiger partial charge >= 0.3 is 0 Å². The second-order valence-corrected chi connectivity index (χ2v) is 3.64. The lowest BCUT2D eigenvalue weighted by Gasteiger charge is -2.07. The summed E-state index contributed by atoms with van der Waals surface area (Å²) in [5.41, 5.74) is 7.07. The van der Waals surface area contributed by atoms with Crippen molar-refractivity contribution in [1.82, 2.24) is 4.98 Å². The van der Waals surface area contributed by atoms with Gasteiger partial charge in [-0.1, -0.05) is 19.1 Å². The first kappa shape index (κ1) is 10.8. The third-order valence-electron chi connectivity index (χ3n) is 2.59. The Kier molecular flexibility index (Phi) is 2.73. The van der Waals surface area contributed by atoms with Gasteiger partial charge in [0.05, 0.1) is 11.1 Å². The Morgan fingerprint density at radius 1 is 1.31 bits per heavy atom. The van der Waals surface area contributed by atoms with E-state index >= 15 is 0 Å². The molecule has 2 nitrogen and oxygen atoms in total. The number of hydrogen-bond acceptors (Lipinski definition) is 2. The third kappa shape index (κ3) is 1.83. The molecule has 2 rings (SSSR count). The Morgan fingerprint density at radius 3 is 2.69 bits per heavy atom. The van der Waals surface area contributed by atoms with Gasteiger partial charge in [-0.15, -0.1) is 0 Å². The summed E-state index contributed by atoms with van der Waals surface area (Å²) < 4.78 is 25.2. The molecule has 0 aliphatic carbocycles. The van der Waals surface area contributed by atoms with Gasteiger partial charge in [-0.25, -0.2) is 13.8 Å². The molecule has 0 aliphatic heterocycles. The lowest BCUT2D eigenvalue weighted by atomic mass is 10.1. The Morgan fingerprint density at radius 2 is 2.06 bits per heavy atom. The number of nitrogens with zero attached hydrogens (tertiary/aromatic N) is 1. The van der Waals surface area contributed by atoms with Gasteiger partial charge in [0.25, 0.3) is 6.43 Å². The summed E-state index contributed by atoms with van der Waals surface area (Å²) >= 11 is 0. The fourth-order valence-corrected chi connectivity index (χ4v) is 1.64. The van der Waals surface area contributed by atoms with Crippen LogP contribution in [0.15, 0.2) is 24.3 Å². The number of pyridine rings is 1. The number of aryl methyl sites for hydroxylation is 1. The molecule has 0 radical (unpaired) electrons. The minimum absolute atomic E-state index is 0.0873. The molecule has 1 aromatic heterocycles. The van der Waals surface area contributed by atoms with Gasteiger partial charge < -0.3 is 5.73 Å². The maximum absolute atomic E-state index is 12.6. The summed E-state index contributed by atoms with van der Waals surface area (Å²) in [7, 11) is 0. The van der Waals surface area contributed by atoms with Crippen LogP contribution in [0, 0.1) is 0 Å². The molecular formula is C12H12F2N2. The summed E-state index contributed by atoms with van der Waals surface area (Å²) in [6, 6.07) is 6.99. The van der Waals surface area contributed by atoms with E-state index in [4.69, 9.17) is 5.73 Å². The molecule has 1 aromatic carbocycles. The van der Waals surface area contributed by atoms with Crippen molar-refractivity contribution < 1.29 is 8.78 Å². The van der Waals surface area contributed by atoms with Crippen molar-refractivity contribution >= 4 is 16.7 Å². The normalized spacial score (nSPS) is 11.2. The molecule has 0 fully saturated rings. The Hall–Kier alpha value is -1.71. The second-order valence-electron chi connectivity index (χ2n) is 3.64. The zero-order valence-corrected chi connectivity index (χ0v) is 8.87. The highest BCUT2D eigenvalue weighted by Crippen LogP contribution is 2.27. The zero-order chi connectivity index (χ0) is 11.7. The van der Waals surface area contributed by atoms with E-state index in [0.717, 1.165) is 12.0 Å². The molecule has 2 aromatic rings. The van der Waals surface area contributed by atoms with Crippen molar-refractivity contribution in [2.45, 2.75) is 19.8 Å². The number of nitrogen functional groups attached to an aromatic ring is 1. The minimum atomic E-state index is -2.58. The number of rotatable bonds is 2. The average molecular weight is 222 g/mol. The SMILES string of the molecule is CCc1ccc2cc(C(F)F)c(N)nc2c1. The van der Waals surface area contributed by atoms with Crippen molar-refractivity contribution in [3.05, 3.63) is 35.4 Å². The number of halogens is 2. The molecule has 0 aliphatic rings. The van der Waals surface area contributed by atoms with Crippen LogP contribution in [0.2, 0.25) is 0 Å². The van der Waals surface area contributed by atoms with E-state index in [1.165, 1.54) is 6.07 Å². The van der Waals surface area contributed by atoms with Crippen molar-refractivity contribution in [3.63, 3.8) is 0 Å². The van der Waals surface area contributed by atoms with Gasteiger partial charge in [-0.2, -0.15) is 0 Å². The first-order valence-corrected chi connectivity index (χ1v) is 5.09. The van der Waals surface area contributed by atoms with Crippen LogP contribution in [-0.2, 0) is 6.42 Å². The van der Waals surface area contributed by atoms with Crippen molar-refractivity contribution in [2.75, 3.05) is 5.73 Å². The first-order valence-electron chi connectivity index (χ1n) is 5.09. The van der Waals surface area contributed by atoms with Crippen LogP contribution in [0.25, 0.3) is 10.9 Å². The summed E-state index contributed by atoms with van der Waals surface area (Å²) in [5.74, 6) is -0.0873. The standard InChI is InChI=1S/C12H12F2N2/c1-2-7-3-4-8-6-9(11(13)14)12(15)16-10(8)5-7/h3-6,11H,2H2,1H3,(H2,15,16). The molecule has 0 atom stereocenters. The van der Waals surface area contributed by atoms with Crippen LogP contribution in [0.1, 0.15) is 24.5 Å². The van der Waals surface area contributed by atoms with Gasteiger partial charge in [0, 0.05) is 5.39 Å². The largest absolute Gasteiger partial charge is 0.383 e. The third-order valence-corrected chi connectivity index (χ3v) is 2.59. The highest BCUT2D eigenvalue weighted by atomic mass is 19.3. The molecule has 0 saturated carbocycles. The van der Waals surface area contributed by atoms with Crippen LogP contribution < -0.4 is 5.73 Å². The van der Waals surface area contributed by atoms with Crippen LogP contribution >= 0.6 is 0 Å². The lowest BCUT2D eigenvalue weighted by Crippen LogP contribution is -1.99. The molecule has 84 valence electrons. The van der Waals surface area contributed by atoms with Crippen LogP contribution in [0.4, 0.5) is 14.6 Å². The topological polar surface area (TPSA) is 38.9 Å². The van der Waals surface area contributed by atoms with E-state index in [9.17, 15) is 8.78 Å². The number of hydrogen-bond donors (Lipinski definition) is 1. The van der Waals surface area contributed by atoms with E-state index in [1.807, 2.05) is 19.1 Å².